The topological polar surface area (TPSA) is 95.5 Å². The number of urea groups is 1. The number of rotatable bonds is 10. The van der Waals surface area contributed by atoms with E-state index in [1.54, 1.807) is 12.1 Å². The molecule has 0 heterocycles. The molecule has 0 saturated carbocycles. The predicted octanol–water partition coefficient (Wildman–Crippen LogP) is 7.52. The van der Waals surface area contributed by atoms with Gasteiger partial charge in [0.1, 0.15) is 0 Å². The Morgan fingerprint density at radius 1 is 0.718 bits per heavy atom. The van der Waals surface area contributed by atoms with Crippen LogP contribution in [0.15, 0.2) is 97.1 Å². The highest BCUT2D eigenvalue weighted by Crippen LogP contribution is 2.24. The molecule has 1 atom stereocenters. The van der Waals surface area contributed by atoms with Crippen LogP contribution in [0, 0.1) is 19.8 Å². The van der Waals surface area contributed by atoms with E-state index >= 15 is 0 Å². The van der Waals surface area contributed by atoms with E-state index < -0.39 is 11.9 Å². The Hall–Kier alpha value is -4.71. The maximum Gasteiger partial charge on any atom is 0.323 e. The Morgan fingerprint density at radius 3 is 1.92 bits per heavy atom. The van der Waals surface area contributed by atoms with Crippen molar-refractivity contribution in [3.05, 3.63) is 119 Å². The molecule has 0 saturated heterocycles. The van der Waals surface area contributed by atoms with Crippen LogP contribution in [0.5, 0.6) is 0 Å². The molecule has 39 heavy (non-hydrogen) atoms. The van der Waals surface area contributed by atoms with Gasteiger partial charge in [0.2, 0.25) is 0 Å². The van der Waals surface area contributed by atoms with E-state index in [2.05, 4.69) is 10.6 Å². The van der Waals surface area contributed by atoms with Crippen molar-refractivity contribution in [2.75, 3.05) is 10.6 Å². The van der Waals surface area contributed by atoms with Gasteiger partial charge in [-0.25, -0.2) is 4.79 Å². The summed E-state index contributed by atoms with van der Waals surface area (Å²) in [6, 6.07) is 29.7. The van der Waals surface area contributed by atoms with Crippen LogP contribution in [-0.4, -0.2) is 22.9 Å². The van der Waals surface area contributed by atoms with Crippen molar-refractivity contribution >= 4 is 29.2 Å². The van der Waals surface area contributed by atoms with Crippen molar-refractivity contribution in [1.29, 1.82) is 0 Å². The van der Waals surface area contributed by atoms with Crippen LogP contribution in [0.4, 0.5) is 16.2 Å². The molecule has 4 rings (SSSR count). The van der Waals surface area contributed by atoms with Crippen LogP contribution in [0.3, 0.4) is 0 Å². The van der Waals surface area contributed by atoms with Gasteiger partial charge in [-0.05, 0) is 78.8 Å². The Morgan fingerprint density at radius 2 is 1.31 bits per heavy atom. The summed E-state index contributed by atoms with van der Waals surface area (Å²) in [4.78, 5) is 37.0. The molecule has 0 aromatic heterocycles. The van der Waals surface area contributed by atoms with E-state index in [9.17, 15) is 19.5 Å². The van der Waals surface area contributed by atoms with Crippen molar-refractivity contribution < 1.29 is 19.5 Å². The molecular weight excluding hydrogens is 488 g/mol. The number of anilines is 2. The summed E-state index contributed by atoms with van der Waals surface area (Å²) in [6.07, 6.45) is 0.987. The highest BCUT2D eigenvalue weighted by atomic mass is 16.4. The van der Waals surface area contributed by atoms with Gasteiger partial charge < -0.3 is 15.7 Å². The minimum Gasteiger partial charge on any atom is -0.481 e. The maximum atomic E-state index is 12.8. The van der Waals surface area contributed by atoms with Crippen molar-refractivity contribution in [2.45, 2.75) is 33.1 Å². The summed E-state index contributed by atoms with van der Waals surface area (Å²) in [5.41, 5.74) is 7.05. The summed E-state index contributed by atoms with van der Waals surface area (Å²) in [5.74, 6) is -1.87. The number of aryl methyl sites for hydroxylation is 3. The van der Waals surface area contributed by atoms with Crippen LogP contribution < -0.4 is 10.6 Å². The number of ketones is 1. The van der Waals surface area contributed by atoms with Gasteiger partial charge in [0, 0.05) is 23.4 Å². The highest BCUT2D eigenvalue weighted by molar-refractivity contribution is 6.00. The highest BCUT2D eigenvalue weighted by Gasteiger charge is 2.22. The van der Waals surface area contributed by atoms with E-state index in [0.29, 0.717) is 24.1 Å². The molecular formula is C33H32N2O4. The van der Waals surface area contributed by atoms with E-state index in [1.165, 1.54) is 0 Å². The number of hydrogen-bond acceptors (Lipinski definition) is 3. The van der Waals surface area contributed by atoms with E-state index in [1.807, 2.05) is 98.8 Å². The van der Waals surface area contributed by atoms with Gasteiger partial charge in [0.15, 0.2) is 5.78 Å². The molecule has 6 heteroatoms. The zero-order chi connectivity index (χ0) is 27.8. The Labute approximate surface area is 228 Å². The van der Waals surface area contributed by atoms with Gasteiger partial charge in [0.05, 0.1) is 5.92 Å². The van der Waals surface area contributed by atoms with Crippen LogP contribution in [-0.2, 0) is 11.2 Å². The summed E-state index contributed by atoms with van der Waals surface area (Å²) in [6.45, 7) is 4.02. The number of hydrogen-bond donors (Lipinski definition) is 3. The Kier molecular flexibility index (Phi) is 8.90. The minimum atomic E-state index is -0.952. The fourth-order valence-electron chi connectivity index (χ4n) is 4.35. The normalized spacial score (nSPS) is 11.4. The molecule has 2 amide bonds. The Bertz CT molecular complexity index is 1450. The first kappa shape index (κ1) is 27.3. The fourth-order valence-corrected chi connectivity index (χ4v) is 4.35. The molecule has 0 bridgehead atoms. The van der Waals surface area contributed by atoms with Crippen LogP contribution in [0.2, 0.25) is 0 Å². The molecule has 4 aromatic carbocycles. The molecule has 1 unspecified atom stereocenters. The Balaban J connectivity index is 1.33. The molecule has 3 N–H and O–H groups in total. The van der Waals surface area contributed by atoms with E-state index in [4.69, 9.17) is 0 Å². The standard InChI is InChI=1S/C33H32N2O4/c1-22-8-17-30(20-23(22)2)35-33(39)34-29-18-15-26(16-19-29)25-11-13-27(14-12-25)31(36)21-28(32(37)38)10-9-24-6-4-3-5-7-24/h3-8,11-20,28H,9-10,21H2,1-2H3,(H,37,38)(H2,34,35,39). The lowest BCUT2D eigenvalue weighted by Gasteiger charge is -2.12. The van der Waals surface area contributed by atoms with Crippen LogP contribution in [0.25, 0.3) is 11.1 Å². The lowest BCUT2D eigenvalue weighted by atomic mass is 9.92. The van der Waals surface area contributed by atoms with Gasteiger partial charge in [-0.2, -0.15) is 0 Å². The van der Waals surface area contributed by atoms with E-state index in [-0.39, 0.29) is 18.2 Å². The summed E-state index contributed by atoms with van der Waals surface area (Å²) < 4.78 is 0. The average Bonchev–Trinajstić information content (AvgIpc) is 2.94. The molecule has 0 radical (unpaired) electrons. The number of carbonyl (C=O) groups excluding carboxylic acids is 2. The van der Waals surface area contributed by atoms with Crippen molar-refractivity contribution in [2.24, 2.45) is 5.92 Å². The summed E-state index contributed by atoms with van der Waals surface area (Å²) >= 11 is 0. The monoisotopic (exact) mass is 520 g/mol. The third-order valence-electron chi connectivity index (χ3n) is 6.85. The number of benzene rings is 4. The number of carboxylic acid groups (broad SMARTS) is 1. The molecule has 0 spiro atoms. The smallest absolute Gasteiger partial charge is 0.323 e. The van der Waals surface area contributed by atoms with Crippen molar-refractivity contribution in [3.8, 4) is 11.1 Å². The third-order valence-corrected chi connectivity index (χ3v) is 6.85. The SMILES string of the molecule is Cc1ccc(NC(=O)Nc2ccc(-c3ccc(C(=O)CC(CCc4ccccc4)C(=O)O)cc3)cc2)cc1C. The minimum absolute atomic E-state index is 0.0356. The number of carboxylic acids is 1. The summed E-state index contributed by atoms with van der Waals surface area (Å²) in [5, 5.41) is 15.3. The number of amides is 2. The van der Waals surface area contributed by atoms with Crippen molar-refractivity contribution in [3.63, 3.8) is 0 Å². The zero-order valence-corrected chi connectivity index (χ0v) is 22.1. The van der Waals surface area contributed by atoms with E-state index in [0.717, 1.165) is 33.5 Å². The van der Waals surface area contributed by atoms with Crippen LogP contribution in [0.1, 0.15) is 39.9 Å². The second-order valence-corrected chi connectivity index (χ2v) is 9.72. The first-order chi connectivity index (χ1) is 18.8. The molecule has 198 valence electrons. The third kappa shape index (κ3) is 7.65. The first-order valence-corrected chi connectivity index (χ1v) is 12.9. The first-order valence-electron chi connectivity index (χ1n) is 12.9. The second kappa shape index (κ2) is 12.7. The van der Waals surface area contributed by atoms with Gasteiger partial charge in [-0.1, -0.05) is 72.8 Å². The van der Waals surface area contributed by atoms with Gasteiger partial charge in [-0.15, -0.1) is 0 Å². The maximum absolute atomic E-state index is 12.8. The second-order valence-electron chi connectivity index (χ2n) is 9.72. The quantitative estimate of drug-likeness (QED) is 0.188. The van der Waals surface area contributed by atoms with Crippen LogP contribution >= 0.6 is 0 Å². The molecule has 6 nitrogen and oxygen atoms in total. The lowest BCUT2D eigenvalue weighted by molar-refractivity contribution is -0.141. The number of carbonyl (C=O) groups is 3. The molecule has 0 fully saturated rings. The molecule has 0 aliphatic heterocycles. The average molecular weight is 521 g/mol. The number of aliphatic carboxylic acids is 1. The number of nitrogens with one attached hydrogen (secondary N) is 2. The van der Waals surface area contributed by atoms with Gasteiger partial charge in [-0.3, -0.25) is 9.59 Å². The van der Waals surface area contributed by atoms with Gasteiger partial charge in [0.25, 0.3) is 0 Å². The molecule has 4 aromatic rings. The largest absolute Gasteiger partial charge is 0.481 e. The fraction of sp³-hybridized carbons (Fsp3) is 0.182. The number of Topliss-reactive ketones (excluding diaryl/α,β-unsaturated/α-hetero) is 1. The molecule has 0 aliphatic carbocycles. The molecule has 0 aliphatic rings. The lowest BCUT2D eigenvalue weighted by Crippen LogP contribution is -2.19. The zero-order valence-electron chi connectivity index (χ0n) is 22.1. The summed E-state index contributed by atoms with van der Waals surface area (Å²) in [7, 11) is 0. The van der Waals surface area contributed by atoms with Crippen molar-refractivity contribution in [1.82, 2.24) is 0 Å². The van der Waals surface area contributed by atoms with Gasteiger partial charge >= 0.3 is 12.0 Å². The predicted molar refractivity (Wildman–Crippen MR) is 155 cm³/mol.